The quantitative estimate of drug-likeness (QED) is 0.674. The van der Waals surface area contributed by atoms with Gasteiger partial charge in [-0.25, -0.2) is 14.4 Å². The monoisotopic (exact) mass is 290 g/mol. The average molecular weight is 290 g/mol. The van der Waals surface area contributed by atoms with Crippen LogP contribution in [-0.4, -0.2) is 21.4 Å². The van der Waals surface area contributed by atoms with E-state index in [2.05, 4.69) is 15.3 Å². The van der Waals surface area contributed by atoms with E-state index in [-0.39, 0.29) is 11.4 Å². The molecule has 0 aliphatic heterocycles. The number of hydrogen-bond acceptors (Lipinski definition) is 5. The van der Waals surface area contributed by atoms with Crippen molar-refractivity contribution in [3.05, 3.63) is 45.9 Å². The minimum absolute atomic E-state index is 0.186. The molecule has 0 radical (unpaired) electrons. The lowest BCUT2D eigenvalue weighted by molar-refractivity contribution is -0.384. The van der Waals surface area contributed by atoms with Crippen LogP contribution in [0.3, 0.4) is 0 Å². The molecule has 110 valence electrons. The molecule has 0 saturated carbocycles. The lowest BCUT2D eigenvalue weighted by Gasteiger charge is -2.08. The van der Waals surface area contributed by atoms with Crippen molar-refractivity contribution in [3.63, 3.8) is 0 Å². The Labute approximate surface area is 121 Å². The lowest BCUT2D eigenvalue weighted by Crippen LogP contribution is -2.06. The number of rotatable bonds is 5. The van der Waals surface area contributed by atoms with Crippen LogP contribution in [0.25, 0.3) is 11.3 Å². The molecule has 2 aromatic rings. The molecular weight excluding hydrogens is 275 g/mol. The first-order valence-electron chi connectivity index (χ1n) is 6.54. The number of nitro groups is 1. The van der Waals surface area contributed by atoms with Gasteiger partial charge in [0.1, 0.15) is 12.0 Å². The van der Waals surface area contributed by atoms with Gasteiger partial charge in [0.15, 0.2) is 5.69 Å². The highest BCUT2D eigenvalue weighted by Crippen LogP contribution is 2.30. The van der Waals surface area contributed by atoms with Crippen LogP contribution in [0.1, 0.15) is 18.9 Å². The standard InChI is InChI=1S/C14H15FN4O2/c1-3-6-16-14-17-8-12(19(20)21)13(18-14)11-5-4-10(15)7-9(11)2/h4-5,7-8H,3,6H2,1-2H3,(H,16,17,18). The van der Waals surface area contributed by atoms with Gasteiger partial charge >= 0.3 is 5.69 Å². The van der Waals surface area contributed by atoms with E-state index >= 15 is 0 Å². The first-order valence-corrected chi connectivity index (χ1v) is 6.54. The topological polar surface area (TPSA) is 81.0 Å². The van der Waals surface area contributed by atoms with Gasteiger partial charge in [0.05, 0.1) is 4.92 Å². The summed E-state index contributed by atoms with van der Waals surface area (Å²) in [7, 11) is 0. The maximum Gasteiger partial charge on any atom is 0.313 e. The summed E-state index contributed by atoms with van der Waals surface area (Å²) in [5.41, 5.74) is 1.08. The molecule has 7 heteroatoms. The van der Waals surface area contributed by atoms with E-state index in [0.717, 1.165) is 6.42 Å². The normalized spacial score (nSPS) is 10.4. The van der Waals surface area contributed by atoms with E-state index in [9.17, 15) is 14.5 Å². The molecule has 21 heavy (non-hydrogen) atoms. The van der Waals surface area contributed by atoms with Crippen molar-refractivity contribution >= 4 is 11.6 Å². The number of aryl methyl sites for hydroxylation is 1. The van der Waals surface area contributed by atoms with E-state index in [1.54, 1.807) is 6.92 Å². The van der Waals surface area contributed by atoms with Gasteiger partial charge in [-0.15, -0.1) is 0 Å². The first kappa shape index (κ1) is 14.8. The Kier molecular flexibility index (Phi) is 4.42. The summed E-state index contributed by atoms with van der Waals surface area (Å²) in [5, 5.41) is 14.1. The molecule has 1 heterocycles. The van der Waals surface area contributed by atoms with Crippen LogP contribution in [0.2, 0.25) is 0 Å². The molecule has 0 aliphatic rings. The SMILES string of the molecule is CCCNc1ncc([N+](=O)[O-])c(-c2ccc(F)cc2C)n1. The molecule has 2 rings (SSSR count). The van der Waals surface area contributed by atoms with Crippen LogP contribution in [0, 0.1) is 22.9 Å². The Hall–Kier alpha value is -2.57. The summed E-state index contributed by atoms with van der Waals surface area (Å²) in [4.78, 5) is 18.7. The molecule has 0 atom stereocenters. The molecule has 0 aliphatic carbocycles. The minimum atomic E-state index is -0.540. The van der Waals surface area contributed by atoms with Crippen molar-refractivity contribution < 1.29 is 9.31 Å². The Morgan fingerprint density at radius 2 is 2.19 bits per heavy atom. The van der Waals surface area contributed by atoms with Crippen molar-refractivity contribution in [2.45, 2.75) is 20.3 Å². The number of hydrogen-bond donors (Lipinski definition) is 1. The number of nitrogens with one attached hydrogen (secondary N) is 1. The molecule has 0 spiro atoms. The summed E-state index contributed by atoms with van der Waals surface area (Å²) < 4.78 is 13.2. The van der Waals surface area contributed by atoms with Crippen molar-refractivity contribution in [1.82, 2.24) is 9.97 Å². The van der Waals surface area contributed by atoms with Gasteiger partial charge in [-0.3, -0.25) is 10.1 Å². The highest BCUT2D eigenvalue weighted by atomic mass is 19.1. The van der Waals surface area contributed by atoms with Gasteiger partial charge in [0.25, 0.3) is 0 Å². The summed E-state index contributed by atoms with van der Waals surface area (Å²) in [6, 6.07) is 4.07. The van der Waals surface area contributed by atoms with Crippen molar-refractivity contribution in [3.8, 4) is 11.3 Å². The molecule has 0 bridgehead atoms. The summed E-state index contributed by atoms with van der Waals surface area (Å²) >= 11 is 0. The maximum absolute atomic E-state index is 13.2. The molecule has 1 aromatic heterocycles. The van der Waals surface area contributed by atoms with E-state index in [0.29, 0.717) is 23.6 Å². The fourth-order valence-electron chi connectivity index (χ4n) is 1.92. The largest absolute Gasteiger partial charge is 0.354 e. The number of benzene rings is 1. The number of halogens is 1. The van der Waals surface area contributed by atoms with Crippen molar-refractivity contribution in [2.75, 3.05) is 11.9 Å². The first-order chi connectivity index (χ1) is 10.0. The summed E-state index contributed by atoms with van der Waals surface area (Å²) in [5.74, 6) is -0.0709. The van der Waals surface area contributed by atoms with Gasteiger partial charge in [-0.2, -0.15) is 0 Å². The minimum Gasteiger partial charge on any atom is -0.354 e. The number of nitrogens with zero attached hydrogens (tertiary/aromatic N) is 3. The van der Waals surface area contributed by atoms with Crippen LogP contribution in [0.4, 0.5) is 16.0 Å². The van der Waals surface area contributed by atoms with Crippen LogP contribution in [0.5, 0.6) is 0 Å². The fraction of sp³-hybridized carbons (Fsp3) is 0.286. The second-order valence-corrected chi connectivity index (χ2v) is 4.57. The summed E-state index contributed by atoms with van der Waals surface area (Å²) in [6.45, 7) is 4.34. The molecule has 1 N–H and O–H groups in total. The smallest absolute Gasteiger partial charge is 0.313 e. The third kappa shape index (κ3) is 3.31. The molecule has 0 saturated heterocycles. The number of anilines is 1. The van der Waals surface area contributed by atoms with Gasteiger partial charge in [0.2, 0.25) is 5.95 Å². The van der Waals surface area contributed by atoms with Gasteiger partial charge in [-0.05, 0) is 37.1 Å². The Morgan fingerprint density at radius 1 is 1.43 bits per heavy atom. The second kappa shape index (κ2) is 6.25. The predicted molar refractivity (Wildman–Crippen MR) is 77.6 cm³/mol. The Bertz CT molecular complexity index is 676. The maximum atomic E-state index is 13.2. The van der Waals surface area contributed by atoms with Gasteiger partial charge in [0, 0.05) is 12.1 Å². The van der Waals surface area contributed by atoms with E-state index in [1.165, 1.54) is 24.4 Å². The fourth-order valence-corrected chi connectivity index (χ4v) is 1.92. The van der Waals surface area contributed by atoms with Crippen molar-refractivity contribution in [2.24, 2.45) is 0 Å². The molecular formula is C14H15FN4O2. The van der Waals surface area contributed by atoms with E-state index < -0.39 is 10.7 Å². The van der Waals surface area contributed by atoms with Crippen LogP contribution in [-0.2, 0) is 0 Å². The van der Waals surface area contributed by atoms with Gasteiger partial charge in [-0.1, -0.05) is 6.92 Å². The zero-order valence-corrected chi connectivity index (χ0v) is 11.8. The third-order valence-corrected chi connectivity index (χ3v) is 2.94. The zero-order chi connectivity index (χ0) is 15.4. The van der Waals surface area contributed by atoms with Crippen LogP contribution >= 0.6 is 0 Å². The van der Waals surface area contributed by atoms with Gasteiger partial charge < -0.3 is 5.32 Å². The lowest BCUT2D eigenvalue weighted by atomic mass is 10.0. The molecule has 0 fully saturated rings. The molecule has 1 aromatic carbocycles. The average Bonchev–Trinajstić information content (AvgIpc) is 2.44. The number of aromatic nitrogens is 2. The zero-order valence-electron chi connectivity index (χ0n) is 11.8. The van der Waals surface area contributed by atoms with E-state index in [1.807, 2.05) is 6.92 Å². The molecule has 6 nitrogen and oxygen atoms in total. The highest BCUT2D eigenvalue weighted by molar-refractivity contribution is 5.72. The van der Waals surface area contributed by atoms with Crippen LogP contribution in [0.15, 0.2) is 24.4 Å². The second-order valence-electron chi connectivity index (χ2n) is 4.57. The Balaban J connectivity index is 2.54. The van der Waals surface area contributed by atoms with Crippen molar-refractivity contribution in [1.29, 1.82) is 0 Å². The molecule has 0 unspecified atom stereocenters. The summed E-state index contributed by atoms with van der Waals surface area (Å²) in [6.07, 6.45) is 2.05. The van der Waals surface area contributed by atoms with E-state index in [4.69, 9.17) is 0 Å². The highest BCUT2D eigenvalue weighted by Gasteiger charge is 2.20. The molecule has 0 amide bonds. The predicted octanol–water partition coefficient (Wildman–Crippen LogP) is 3.32. The third-order valence-electron chi connectivity index (χ3n) is 2.94. The van der Waals surface area contributed by atoms with Crippen LogP contribution < -0.4 is 5.32 Å². The Morgan fingerprint density at radius 3 is 2.81 bits per heavy atom.